The van der Waals surface area contributed by atoms with Crippen molar-refractivity contribution in [3.05, 3.63) is 109 Å². The Bertz CT molecular complexity index is 4340. The first-order chi connectivity index (χ1) is 48.7. The molecule has 101 heavy (non-hydrogen) atoms. The molecule has 2 radical (unpaired) electrons. The number of amides is 2. The van der Waals surface area contributed by atoms with Crippen molar-refractivity contribution in [1.29, 1.82) is 0 Å². The van der Waals surface area contributed by atoms with E-state index in [1.165, 1.54) is 21.8 Å². The van der Waals surface area contributed by atoms with Gasteiger partial charge in [0, 0.05) is 49.5 Å². The van der Waals surface area contributed by atoms with Crippen LogP contribution in [-0.4, -0.2) is 206 Å². The number of nitrogens with two attached hydrogens (primary N) is 2. The highest BCUT2D eigenvalue weighted by Crippen LogP contribution is 2.65. The summed E-state index contributed by atoms with van der Waals surface area (Å²) in [6.07, 6.45) is -8.22. The lowest BCUT2D eigenvalue weighted by Crippen LogP contribution is -2.37. The molecule has 2 amide bonds. The molecule has 3 fully saturated rings. The van der Waals surface area contributed by atoms with Crippen LogP contribution in [0.3, 0.4) is 0 Å². The van der Waals surface area contributed by atoms with E-state index in [0.717, 1.165) is 41.7 Å². The zero-order valence-electron chi connectivity index (χ0n) is 54.4. The first kappa shape index (κ1) is 73.5. The minimum absolute atomic E-state index is 0.0129. The number of hydrogen-bond donors (Lipinski definition) is 5. The number of ether oxygens (including phenoxy) is 6. The van der Waals surface area contributed by atoms with Crippen molar-refractivity contribution in [2.45, 2.75) is 106 Å². The monoisotopic (exact) mass is 1480 g/mol. The van der Waals surface area contributed by atoms with Crippen LogP contribution >= 0.6 is 33.2 Å². The summed E-state index contributed by atoms with van der Waals surface area (Å²) in [5.74, 6) is 0.228. The van der Waals surface area contributed by atoms with E-state index >= 15 is 13.3 Å². The lowest BCUT2D eigenvalue weighted by molar-refractivity contribution is -0.122. The summed E-state index contributed by atoms with van der Waals surface area (Å²) in [7, 11) is -2.36. The molecule has 8 aromatic rings. The summed E-state index contributed by atoms with van der Waals surface area (Å²) in [6, 6.07) is 22.2. The van der Waals surface area contributed by atoms with E-state index in [9.17, 15) is 28.7 Å². The predicted molar refractivity (Wildman–Crippen MR) is 361 cm³/mol. The molecule has 7 N–H and O–H groups in total. The topological polar surface area (TPSA) is 413 Å². The smallest absolute Gasteiger partial charge is 0.389 e. The normalized spacial score (nSPS) is 24.6. The van der Waals surface area contributed by atoms with Crippen molar-refractivity contribution in [1.82, 2.24) is 59.3 Å². The van der Waals surface area contributed by atoms with Gasteiger partial charge >= 0.3 is 14.4 Å². The van der Waals surface area contributed by atoms with Crippen LogP contribution in [0.1, 0.15) is 55.7 Å². The Morgan fingerprint density at radius 2 is 1.39 bits per heavy atom. The molecule has 12 rings (SSSR count). The third kappa shape index (κ3) is 18.0. The average Bonchev–Trinajstić information content (AvgIpc) is 1.69. The minimum atomic E-state index is -4.73. The Morgan fingerprint density at radius 3 is 2.08 bits per heavy atom. The van der Waals surface area contributed by atoms with Gasteiger partial charge in [0.2, 0.25) is 19.4 Å². The number of nitrogens with one attached hydrogen (secondary N) is 1. The van der Waals surface area contributed by atoms with Crippen LogP contribution in [-0.2, 0) is 88.4 Å². The second-order valence-corrected chi connectivity index (χ2v) is 31.2. The van der Waals surface area contributed by atoms with E-state index in [2.05, 4.69) is 45.5 Å². The molecule has 9 heterocycles. The summed E-state index contributed by atoms with van der Waals surface area (Å²) >= 11 is 0.702. The Morgan fingerprint density at radius 1 is 0.762 bits per heavy atom. The number of carbonyl (C=O) groups is 2. The highest BCUT2D eigenvalue weighted by atomic mass is 32.7. The Balaban J connectivity index is 0.615. The lowest BCUT2D eigenvalue weighted by Gasteiger charge is -2.30. The number of aromatic nitrogens is 11. The number of alkyl halides is 2. The van der Waals surface area contributed by atoms with E-state index < -0.39 is 90.4 Å². The maximum Gasteiger partial charge on any atom is 0.389 e. The largest absolute Gasteiger partial charge is 0.491 e. The third-order valence-electron chi connectivity index (χ3n) is 16.6. The molecule has 0 saturated carbocycles. The van der Waals surface area contributed by atoms with Crippen molar-refractivity contribution in [3.63, 3.8) is 0 Å². The number of fused-ring (bicyclic) bond motifs is 9. The Hall–Kier alpha value is -7.28. The maximum atomic E-state index is 17.0. The Kier molecular flexibility index (Phi) is 24.0. The van der Waals surface area contributed by atoms with Crippen LogP contribution in [0.15, 0.2) is 98.1 Å². The highest BCUT2D eigenvalue weighted by molar-refractivity contribution is 8.54. The summed E-state index contributed by atoms with van der Waals surface area (Å²) < 4.78 is 142. The van der Waals surface area contributed by atoms with Crippen LogP contribution in [0.4, 0.5) is 26.1 Å². The maximum absolute atomic E-state index is 17.0. The quantitative estimate of drug-likeness (QED) is 0.0187. The standard InChI is InChI=1S/C61H73BF2N15O18P3S/c1-98(83,84)91-29-39(80)28-89-21-8-19-67-46(81)13-6-7-14-47(82)76-27-38-9-2-3-10-41(38)50-53(42-11-4-5-12-43(42)76)79(75-74-50)20-22-87-23-24-88-25-26-90-40-17-15-37(16-18-40)32-101-100(86)93-31-45-54(48(63)60(95-45)77-35-72-51-56(65)68-33-70-58(51)77)96-99(62,85)92-30-44-55(97-100)49(64)61(94-44)78-36-73-52-57(66)69-34-71-59(52)78/h2-5,9-12,15-18,33-36,39,44-45,48-49,54-55,60-61,80H,6-8,13-14,19-32H2,1H3,(H,67,81)(H,83,84)(H2,65,68,70)(H2,66,69,71)/t39?,44-,45-,48-,49-,54-,55-,60-,61-,99+,100+/m1/s1. The number of imidazole rings is 2. The molecule has 4 aliphatic heterocycles. The molecule has 5 aromatic heterocycles. The van der Waals surface area contributed by atoms with Gasteiger partial charge in [-0.1, -0.05) is 59.8 Å². The molecule has 33 nitrogen and oxygen atoms in total. The minimum Gasteiger partial charge on any atom is -0.491 e. The number of aliphatic hydroxyl groups is 1. The first-order valence-corrected chi connectivity index (χ1v) is 39.0. The summed E-state index contributed by atoms with van der Waals surface area (Å²) in [5.41, 5.74) is 17.7. The fraction of sp³-hybridized carbons (Fsp3) is 0.475. The van der Waals surface area contributed by atoms with E-state index in [1.54, 1.807) is 33.8 Å². The molecule has 40 heteroatoms. The van der Waals surface area contributed by atoms with Crippen LogP contribution in [0.2, 0.25) is 0 Å². The molecular formula is C61H73BF2N15O18P3S. The fourth-order valence-electron chi connectivity index (χ4n) is 11.7. The molecule has 0 spiro atoms. The van der Waals surface area contributed by atoms with Crippen LogP contribution < -0.4 is 26.4 Å². The zero-order valence-corrected chi connectivity index (χ0v) is 57.9. The van der Waals surface area contributed by atoms with Gasteiger partial charge in [-0.05, 0) is 60.0 Å². The van der Waals surface area contributed by atoms with E-state index in [-0.39, 0.29) is 117 Å². The highest BCUT2D eigenvalue weighted by Gasteiger charge is 2.55. The molecule has 3 saturated heterocycles. The van der Waals surface area contributed by atoms with Gasteiger partial charge in [-0.15, -0.1) is 5.10 Å². The van der Waals surface area contributed by atoms with Crippen LogP contribution in [0, 0.1) is 0 Å². The number of carbonyl (C=O) groups excluding carboxylic acids is 2. The van der Waals surface area contributed by atoms with Gasteiger partial charge in [-0.2, -0.15) is 0 Å². The van der Waals surface area contributed by atoms with Gasteiger partial charge in [0.05, 0.1) is 90.0 Å². The molecule has 0 aliphatic carbocycles. The summed E-state index contributed by atoms with van der Waals surface area (Å²) in [5, 5.41) is 21.9. The first-order valence-electron chi connectivity index (χ1n) is 32.2. The average molecular weight is 1480 g/mol. The second kappa shape index (κ2) is 33.0. The van der Waals surface area contributed by atoms with Crippen LogP contribution in [0.25, 0.3) is 44.8 Å². The molecule has 3 aromatic carbocycles. The van der Waals surface area contributed by atoms with E-state index in [4.69, 9.17) is 70.1 Å². The molecular weight excluding hydrogens is 1400 g/mol. The number of halogens is 2. The molecule has 4 aliphatic rings. The van der Waals surface area contributed by atoms with Gasteiger partial charge in [-0.3, -0.25) is 36.9 Å². The van der Waals surface area contributed by atoms with Gasteiger partial charge in [0.25, 0.3) is 7.47 Å². The van der Waals surface area contributed by atoms with Crippen molar-refractivity contribution in [2.75, 3.05) is 95.6 Å². The Labute approximate surface area is 581 Å². The number of nitrogens with zero attached hydrogens (tertiary/aromatic N) is 12. The SMILES string of the molecule is [B][P@]1(=O)OC[C@H]2O[C@@H](n3cnc4c(N)ncnc43)[C@H](F)[C@@H]2O[P@@](=O)(SCc2ccc(OCCOCCOCCn3nnc4c3-c3ccccc3N(C(=O)CCCCC(=O)NCCCOCC(O)COP(C)(=O)O)Cc3ccccc3-4)cc2)OC[C@H]2O[C@@H](n3cnc4c(N)ncnc43)[C@H](F)[C@@H]2O1. The predicted octanol–water partition coefficient (Wildman–Crippen LogP) is 6.60. The van der Waals surface area contributed by atoms with Crippen molar-refractivity contribution >= 4 is 92.3 Å². The fourth-order valence-corrected chi connectivity index (χ4v) is 16.5. The van der Waals surface area contributed by atoms with Crippen molar-refractivity contribution < 1.29 is 93.1 Å². The number of para-hydroxylation sites is 1. The van der Waals surface area contributed by atoms with E-state index in [1.807, 2.05) is 48.5 Å². The van der Waals surface area contributed by atoms with Crippen LogP contribution in [0.5, 0.6) is 5.75 Å². The number of rotatable bonds is 29. The van der Waals surface area contributed by atoms with Crippen molar-refractivity contribution in [3.8, 4) is 28.3 Å². The number of anilines is 3. The van der Waals surface area contributed by atoms with Gasteiger partial charge in [0.1, 0.15) is 72.3 Å². The molecule has 538 valence electrons. The lowest BCUT2D eigenvalue weighted by atomic mass is 9.95. The number of unbranched alkanes of at least 4 members (excludes halogenated alkanes) is 1. The number of hydrogen-bond acceptors (Lipinski definition) is 28. The van der Waals surface area contributed by atoms with Gasteiger partial charge in [0.15, 0.2) is 47.7 Å². The summed E-state index contributed by atoms with van der Waals surface area (Å²) in [6.45, 7) is -3.03. The van der Waals surface area contributed by atoms with E-state index in [0.29, 0.717) is 73.0 Å². The number of aliphatic hydroxyl groups excluding tert-OH is 1. The molecule has 0 bridgehead atoms. The molecule has 2 unspecified atom stereocenters. The molecule has 12 atom stereocenters. The van der Waals surface area contributed by atoms with Gasteiger partial charge in [-0.25, -0.2) is 47.9 Å². The summed E-state index contributed by atoms with van der Waals surface area (Å²) in [4.78, 5) is 62.4. The zero-order chi connectivity index (χ0) is 70.8. The second-order valence-electron chi connectivity index (χ2n) is 23.8. The third-order valence-corrected chi connectivity index (χ3v) is 21.9. The van der Waals surface area contributed by atoms with Gasteiger partial charge < -0.3 is 73.7 Å². The number of nitrogen functional groups attached to an aromatic ring is 2. The number of benzene rings is 3. The van der Waals surface area contributed by atoms with Crippen molar-refractivity contribution in [2.24, 2.45) is 0 Å².